The fourth-order valence-electron chi connectivity index (χ4n) is 2.98. The Hall–Kier alpha value is -3.58. The highest BCUT2D eigenvalue weighted by Gasteiger charge is 2.16. The molecule has 1 atom stereocenters. The molecule has 2 aromatic carbocycles. The molecule has 154 valence electrons. The summed E-state index contributed by atoms with van der Waals surface area (Å²) in [5, 5.41) is 2.79. The van der Waals surface area contributed by atoms with Crippen molar-refractivity contribution in [1.82, 2.24) is 9.88 Å². The molecular formula is C23H23FN4O2. The number of amides is 2. The highest BCUT2D eigenvalue weighted by molar-refractivity contribution is 6.04. The smallest absolute Gasteiger partial charge is 0.255 e. The van der Waals surface area contributed by atoms with Crippen molar-refractivity contribution < 1.29 is 14.0 Å². The number of anilines is 1. The van der Waals surface area contributed by atoms with Gasteiger partial charge in [0.05, 0.1) is 6.42 Å². The average Bonchev–Trinajstić information content (AvgIpc) is 2.74. The standard InChI is InChI=1S/C23H23FN4O2/c1-28(22(29)14-16-3-2-4-19(24)13-16)15-21(25)17-5-7-18(8-6-17)23(30)27-20-9-11-26-12-10-20/h2-13,21H,14-15,25H2,1H3,(H,26,27,30). The van der Waals surface area contributed by atoms with Crippen molar-refractivity contribution in [3.8, 4) is 0 Å². The molecule has 1 aromatic heterocycles. The number of carbonyl (C=O) groups excluding carboxylic acids is 2. The molecule has 0 aliphatic carbocycles. The topological polar surface area (TPSA) is 88.3 Å². The lowest BCUT2D eigenvalue weighted by molar-refractivity contribution is -0.129. The molecule has 2 amide bonds. The van der Waals surface area contributed by atoms with Crippen molar-refractivity contribution in [3.63, 3.8) is 0 Å². The zero-order chi connectivity index (χ0) is 21.5. The van der Waals surface area contributed by atoms with E-state index >= 15 is 0 Å². The van der Waals surface area contributed by atoms with Crippen LogP contribution >= 0.6 is 0 Å². The molecule has 0 aliphatic rings. The third-order valence-corrected chi connectivity index (χ3v) is 4.68. The third-order valence-electron chi connectivity index (χ3n) is 4.68. The number of carbonyl (C=O) groups is 2. The van der Waals surface area contributed by atoms with Crippen molar-refractivity contribution >= 4 is 17.5 Å². The minimum absolute atomic E-state index is 0.106. The summed E-state index contributed by atoms with van der Waals surface area (Å²) in [6.45, 7) is 0.302. The highest BCUT2D eigenvalue weighted by atomic mass is 19.1. The quantitative estimate of drug-likeness (QED) is 0.631. The fraction of sp³-hybridized carbons (Fsp3) is 0.174. The molecule has 1 heterocycles. The van der Waals surface area contributed by atoms with Gasteiger partial charge in [-0.3, -0.25) is 14.6 Å². The number of hydrogen-bond acceptors (Lipinski definition) is 4. The molecule has 1 unspecified atom stereocenters. The van der Waals surface area contributed by atoms with Crippen LogP contribution in [0.2, 0.25) is 0 Å². The molecule has 3 aromatic rings. The van der Waals surface area contributed by atoms with E-state index in [4.69, 9.17) is 5.73 Å². The second kappa shape index (κ2) is 9.76. The molecule has 3 N–H and O–H groups in total. The van der Waals surface area contributed by atoms with Crippen LogP contribution in [0.4, 0.5) is 10.1 Å². The van der Waals surface area contributed by atoms with Crippen LogP contribution in [0.15, 0.2) is 73.1 Å². The minimum atomic E-state index is -0.413. The normalized spacial score (nSPS) is 11.6. The zero-order valence-electron chi connectivity index (χ0n) is 16.6. The van der Waals surface area contributed by atoms with Gasteiger partial charge in [-0.05, 0) is 47.5 Å². The summed E-state index contributed by atoms with van der Waals surface area (Å²) < 4.78 is 13.3. The summed E-state index contributed by atoms with van der Waals surface area (Å²) in [6, 6.07) is 15.9. The first-order valence-corrected chi connectivity index (χ1v) is 9.47. The van der Waals surface area contributed by atoms with E-state index < -0.39 is 6.04 Å². The van der Waals surface area contributed by atoms with E-state index in [0.717, 1.165) is 5.56 Å². The Morgan fingerprint density at radius 2 is 1.80 bits per heavy atom. The average molecular weight is 406 g/mol. The largest absolute Gasteiger partial charge is 0.344 e. The van der Waals surface area contributed by atoms with E-state index in [1.165, 1.54) is 17.0 Å². The van der Waals surface area contributed by atoms with E-state index in [1.807, 2.05) is 0 Å². The summed E-state index contributed by atoms with van der Waals surface area (Å²) in [7, 11) is 1.66. The van der Waals surface area contributed by atoms with Gasteiger partial charge in [0, 0.05) is 43.3 Å². The molecule has 0 radical (unpaired) electrons. The van der Waals surface area contributed by atoms with Crippen LogP contribution in [0.3, 0.4) is 0 Å². The van der Waals surface area contributed by atoms with Gasteiger partial charge in [-0.15, -0.1) is 0 Å². The SMILES string of the molecule is CN(CC(N)c1ccc(C(=O)Nc2ccncc2)cc1)C(=O)Cc1cccc(F)c1. The molecule has 0 aliphatic heterocycles. The molecule has 7 heteroatoms. The van der Waals surface area contributed by atoms with Gasteiger partial charge in [0.25, 0.3) is 5.91 Å². The summed E-state index contributed by atoms with van der Waals surface area (Å²) >= 11 is 0. The Kier molecular flexibility index (Phi) is 6.87. The molecule has 3 rings (SSSR count). The first kappa shape index (κ1) is 21.1. The van der Waals surface area contributed by atoms with Gasteiger partial charge in [-0.2, -0.15) is 0 Å². The van der Waals surface area contributed by atoms with E-state index in [-0.39, 0.29) is 24.1 Å². The van der Waals surface area contributed by atoms with Crippen LogP contribution in [0.25, 0.3) is 0 Å². The molecular weight excluding hydrogens is 383 g/mol. The van der Waals surface area contributed by atoms with Gasteiger partial charge in [0.2, 0.25) is 5.91 Å². The van der Waals surface area contributed by atoms with Crippen molar-refractivity contribution in [2.45, 2.75) is 12.5 Å². The van der Waals surface area contributed by atoms with Gasteiger partial charge >= 0.3 is 0 Å². The summed E-state index contributed by atoms with van der Waals surface area (Å²) in [4.78, 5) is 30.2. The van der Waals surface area contributed by atoms with Crippen LogP contribution in [-0.2, 0) is 11.2 Å². The number of nitrogens with two attached hydrogens (primary N) is 1. The number of hydrogen-bond donors (Lipinski definition) is 2. The monoisotopic (exact) mass is 406 g/mol. The number of rotatable bonds is 7. The maximum absolute atomic E-state index is 13.3. The number of halogens is 1. The van der Waals surface area contributed by atoms with E-state index in [0.29, 0.717) is 23.4 Å². The van der Waals surface area contributed by atoms with Gasteiger partial charge in [-0.25, -0.2) is 4.39 Å². The van der Waals surface area contributed by atoms with Gasteiger partial charge in [0.15, 0.2) is 0 Å². The van der Waals surface area contributed by atoms with E-state index in [9.17, 15) is 14.0 Å². The minimum Gasteiger partial charge on any atom is -0.344 e. The number of likely N-dealkylation sites (N-methyl/N-ethyl adjacent to an activating group) is 1. The lowest BCUT2D eigenvalue weighted by Crippen LogP contribution is -2.35. The van der Waals surface area contributed by atoms with Crippen molar-refractivity contribution in [2.75, 3.05) is 18.9 Å². The molecule has 30 heavy (non-hydrogen) atoms. The molecule has 0 saturated heterocycles. The van der Waals surface area contributed by atoms with Crippen molar-refractivity contribution in [1.29, 1.82) is 0 Å². The molecule has 6 nitrogen and oxygen atoms in total. The number of nitrogens with zero attached hydrogens (tertiary/aromatic N) is 2. The lowest BCUT2D eigenvalue weighted by atomic mass is 10.0. The van der Waals surface area contributed by atoms with Crippen molar-refractivity contribution in [3.05, 3.63) is 95.6 Å². The Morgan fingerprint density at radius 3 is 2.47 bits per heavy atom. The number of pyridine rings is 1. The Morgan fingerprint density at radius 1 is 1.10 bits per heavy atom. The summed E-state index contributed by atoms with van der Waals surface area (Å²) in [5.74, 6) is -0.749. The van der Waals surface area contributed by atoms with Gasteiger partial charge in [-0.1, -0.05) is 24.3 Å². The maximum atomic E-state index is 13.3. The van der Waals surface area contributed by atoms with Crippen LogP contribution in [0.1, 0.15) is 27.5 Å². The van der Waals surface area contributed by atoms with Gasteiger partial charge < -0.3 is 16.0 Å². The Balaban J connectivity index is 1.56. The lowest BCUT2D eigenvalue weighted by Gasteiger charge is -2.22. The second-order valence-electron chi connectivity index (χ2n) is 7.00. The molecule has 0 bridgehead atoms. The highest BCUT2D eigenvalue weighted by Crippen LogP contribution is 2.15. The van der Waals surface area contributed by atoms with E-state index in [1.54, 1.807) is 68.0 Å². The molecule has 0 saturated carbocycles. The summed E-state index contributed by atoms with van der Waals surface area (Å²) in [5.41, 5.74) is 8.82. The predicted molar refractivity (Wildman–Crippen MR) is 113 cm³/mol. The van der Waals surface area contributed by atoms with Crippen LogP contribution in [0.5, 0.6) is 0 Å². The predicted octanol–water partition coefficient (Wildman–Crippen LogP) is 3.17. The molecule has 0 fully saturated rings. The summed E-state index contributed by atoms with van der Waals surface area (Å²) in [6.07, 6.45) is 3.31. The zero-order valence-corrected chi connectivity index (χ0v) is 16.6. The second-order valence-corrected chi connectivity index (χ2v) is 7.00. The fourth-order valence-corrected chi connectivity index (χ4v) is 2.98. The van der Waals surface area contributed by atoms with Crippen LogP contribution < -0.4 is 11.1 Å². The van der Waals surface area contributed by atoms with Gasteiger partial charge in [0.1, 0.15) is 5.82 Å². The van der Waals surface area contributed by atoms with Crippen LogP contribution in [-0.4, -0.2) is 35.3 Å². The first-order chi connectivity index (χ1) is 14.4. The number of nitrogens with one attached hydrogen (secondary N) is 1. The first-order valence-electron chi connectivity index (χ1n) is 9.47. The number of aromatic nitrogens is 1. The van der Waals surface area contributed by atoms with E-state index in [2.05, 4.69) is 10.3 Å². The Bertz CT molecular complexity index is 1010. The molecule has 0 spiro atoms. The maximum Gasteiger partial charge on any atom is 0.255 e. The third kappa shape index (κ3) is 5.71. The number of benzene rings is 2. The van der Waals surface area contributed by atoms with Crippen molar-refractivity contribution in [2.24, 2.45) is 5.73 Å². The van der Waals surface area contributed by atoms with Crippen LogP contribution in [0, 0.1) is 5.82 Å². The Labute approximate surface area is 174 Å².